The molecular weight excluding hydrogens is 146 g/mol. The van der Waals surface area contributed by atoms with Gasteiger partial charge in [-0.1, -0.05) is 19.1 Å². The van der Waals surface area contributed by atoms with E-state index in [4.69, 9.17) is 0 Å². The largest absolute Gasteiger partial charge is 0.331 e. The maximum Gasteiger partial charge on any atom is 0.0812 e. The van der Waals surface area contributed by atoms with Gasteiger partial charge in [-0.25, -0.2) is 0 Å². The number of hydrogen-bond donors (Lipinski definition) is 0. The third kappa shape index (κ3) is 2.63. The topological polar surface area (TPSA) is 0 Å². The summed E-state index contributed by atoms with van der Waals surface area (Å²) in [6.45, 7) is 7.71. The van der Waals surface area contributed by atoms with Gasteiger partial charge >= 0.3 is 0 Å². The summed E-state index contributed by atoms with van der Waals surface area (Å²) in [5.74, 6) is 1.65. The van der Waals surface area contributed by atoms with Crippen LogP contribution in [0, 0.1) is 11.8 Å². The molecule has 1 aliphatic rings. The Balaban J connectivity index is 2.43. The van der Waals surface area contributed by atoms with Crippen LogP contribution in [-0.4, -0.2) is 32.2 Å². The van der Waals surface area contributed by atoms with Crippen LogP contribution in [0.3, 0.4) is 0 Å². The first-order valence-corrected chi connectivity index (χ1v) is 4.86. The Hall–Kier alpha value is -0.300. The van der Waals surface area contributed by atoms with Crippen LogP contribution in [0.1, 0.15) is 19.8 Å². The number of nitrogens with zero attached hydrogens (tertiary/aromatic N) is 1. The smallest absolute Gasteiger partial charge is 0.0812 e. The molecule has 0 radical (unpaired) electrons. The molecule has 0 bridgehead atoms. The highest BCUT2D eigenvalue weighted by Crippen LogP contribution is 2.34. The first-order chi connectivity index (χ1) is 5.38. The van der Waals surface area contributed by atoms with Gasteiger partial charge in [0.25, 0.3) is 0 Å². The molecule has 0 aliphatic heterocycles. The Labute approximate surface area is 76.7 Å². The molecule has 1 nitrogen and oxygen atoms in total. The van der Waals surface area contributed by atoms with Crippen molar-refractivity contribution in [3.05, 3.63) is 12.2 Å². The molecule has 1 fully saturated rings. The van der Waals surface area contributed by atoms with Crippen LogP contribution in [-0.2, 0) is 0 Å². The van der Waals surface area contributed by atoms with E-state index in [1.807, 2.05) is 0 Å². The highest BCUT2D eigenvalue weighted by Gasteiger charge is 2.28. The number of hydrogen-bond acceptors (Lipinski definition) is 0. The summed E-state index contributed by atoms with van der Waals surface area (Å²) >= 11 is 0. The molecule has 0 N–H and O–H groups in total. The van der Waals surface area contributed by atoms with E-state index in [0.29, 0.717) is 0 Å². The van der Waals surface area contributed by atoms with Crippen LogP contribution >= 0.6 is 0 Å². The van der Waals surface area contributed by atoms with Crippen molar-refractivity contribution in [1.29, 1.82) is 0 Å². The molecule has 0 amide bonds. The van der Waals surface area contributed by atoms with Crippen molar-refractivity contribution >= 4 is 0 Å². The average molecular weight is 168 g/mol. The van der Waals surface area contributed by atoms with Crippen molar-refractivity contribution in [3.8, 4) is 0 Å². The standard InChI is InChI=1S/C11H22N/c1-9-6-11(7-10(9)2)8-12(3,4)5/h10-11H,1,6-8H2,2-5H3/q+1/t10-,11-/m1/s1. The summed E-state index contributed by atoms with van der Waals surface area (Å²) < 4.78 is 1.09. The van der Waals surface area contributed by atoms with Gasteiger partial charge in [0.2, 0.25) is 0 Å². The van der Waals surface area contributed by atoms with Crippen molar-refractivity contribution in [2.45, 2.75) is 19.8 Å². The fourth-order valence-electron chi connectivity index (χ4n) is 2.24. The van der Waals surface area contributed by atoms with Crippen LogP contribution in [0.2, 0.25) is 0 Å². The van der Waals surface area contributed by atoms with Gasteiger partial charge in [0.05, 0.1) is 27.7 Å². The zero-order valence-corrected chi connectivity index (χ0v) is 8.93. The first-order valence-electron chi connectivity index (χ1n) is 4.86. The Bertz CT molecular complexity index is 176. The second-order valence-corrected chi connectivity index (χ2v) is 5.34. The van der Waals surface area contributed by atoms with Crippen molar-refractivity contribution in [2.75, 3.05) is 27.7 Å². The van der Waals surface area contributed by atoms with Gasteiger partial charge < -0.3 is 4.48 Å². The summed E-state index contributed by atoms with van der Waals surface area (Å²) in [6.07, 6.45) is 2.62. The molecule has 1 saturated carbocycles. The van der Waals surface area contributed by atoms with Gasteiger partial charge in [0.15, 0.2) is 0 Å². The lowest BCUT2D eigenvalue weighted by Gasteiger charge is -2.27. The fraction of sp³-hybridized carbons (Fsp3) is 0.818. The van der Waals surface area contributed by atoms with Crippen LogP contribution < -0.4 is 0 Å². The number of rotatable bonds is 2. The van der Waals surface area contributed by atoms with Crippen LogP contribution in [0.5, 0.6) is 0 Å². The maximum atomic E-state index is 4.11. The second-order valence-electron chi connectivity index (χ2n) is 5.34. The van der Waals surface area contributed by atoms with Crippen LogP contribution in [0.15, 0.2) is 12.2 Å². The quantitative estimate of drug-likeness (QED) is 0.438. The molecule has 0 aromatic heterocycles. The van der Waals surface area contributed by atoms with Gasteiger partial charge in [0.1, 0.15) is 0 Å². The Kier molecular flexibility index (Phi) is 2.62. The molecule has 1 heteroatoms. The molecule has 0 aromatic rings. The lowest BCUT2D eigenvalue weighted by Crippen LogP contribution is -2.38. The predicted molar refractivity (Wildman–Crippen MR) is 53.9 cm³/mol. The van der Waals surface area contributed by atoms with Crippen LogP contribution in [0.4, 0.5) is 0 Å². The Morgan fingerprint density at radius 1 is 1.42 bits per heavy atom. The van der Waals surface area contributed by atoms with E-state index < -0.39 is 0 Å². The summed E-state index contributed by atoms with van der Waals surface area (Å²) in [4.78, 5) is 0. The monoisotopic (exact) mass is 168 g/mol. The van der Waals surface area contributed by atoms with E-state index in [-0.39, 0.29) is 0 Å². The van der Waals surface area contributed by atoms with Crippen molar-refractivity contribution < 1.29 is 4.48 Å². The molecule has 1 aliphatic carbocycles. The van der Waals surface area contributed by atoms with Gasteiger partial charge in [-0.05, 0) is 18.8 Å². The molecule has 1 rings (SSSR count). The minimum absolute atomic E-state index is 0.765. The first kappa shape index (κ1) is 9.79. The van der Waals surface area contributed by atoms with Gasteiger partial charge in [-0.15, -0.1) is 0 Å². The highest BCUT2D eigenvalue weighted by atomic mass is 15.3. The molecule has 12 heavy (non-hydrogen) atoms. The minimum Gasteiger partial charge on any atom is -0.331 e. The zero-order chi connectivity index (χ0) is 9.35. The lowest BCUT2D eigenvalue weighted by molar-refractivity contribution is -0.873. The van der Waals surface area contributed by atoms with E-state index in [0.717, 1.165) is 16.3 Å². The molecule has 0 aromatic carbocycles. The minimum atomic E-state index is 0.765. The zero-order valence-electron chi connectivity index (χ0n) is 8.93. The highest BCUT2D eigenvalue weighted by molar-refractivity contribution is 5.06. The van der Waals surface area contributed by atoms with E-state index >= 15 is 0 Å². The SMILES string of the molecule is C=C1C[C@@H](C[N+](C)(C)C)C[C@H]1C. The number of allylic oxidation sites excluding steroid dienone is 1. The third-order valence-electron chi connectivity index (χ3n) is 2.74. The maximum absolute atomic E-state index is 4.11. The molecule has 0 spiro atoms. The van der Waals surface area contributed by atoms with Gasteiger partial charge in [0, 0.05) is 5.92 Å². The summed E-state index contributed by atoms with van der Waals surface area (Å²) in [7, 11) is 6.81. The normalized spacial score (nSPS) is 31.2. The van der Waals surface area contributed by atoms with Crippen LogP contribution in [0.25, 0.3) is 0 Å². The van der Waals surface area contributed by atoms with E-state index in [9.17, 15) is 0 Å². The second kappa shape index (κ2) is 3.21. The van der Waals surface area contributed by atoms with Gasteiger partial charge in [-0.2, -0.15) is 0 Å². The summed E-state index contributed by atoms with van der Waals surface area (Å²) in [5.41, 5.74) is 1.47. The molecule has 70 valence electrons. The van der Waals surface area contributed by atoms with Crippen molar-refractivity contribution in [3.63, 3.8) is 0 Å². The van der Waals surface area contributed by atoms with E-state index in [2.05, 4.69) is 34.6 Å². The fourth-order valence-corrected chi connectivity index (χ4v) is 2.24. The Morgan fingerprint density at radius 2 is 2.00 bits per heavy atom. The van der Waals surface area contributed by atoms with Crippen molar-refractivity contribution in [1.82, 2.24) is 0 Å². The molecule has 0 saturated heterocycles. The summed E-state index contributed by atoms with van der Waals surface area (Å²) in [5, 5.41) is 0. The third-order valence-corrected chi connectivity index (χ3v) is 2.74. The summed E-state index contributed by atoms with van der Waals surface area (Å²) in [6, 6.07) is 0. The average Bonchev–Trinajstić information content (AvgIpc) is 2.07. The Morgan fingerprint density at radius 3 is 2.33 bits per heavy atom. The molecular formula is C11H22N+. The van der Waals surface area contributed by atoms with Gasteiger partial charge in [-0.3, -0.25) is 0 Å². The van der Waals surface area contributed by atoms with Crippen molar-refractivity contribution in [2.24, 2.45) is 11.8 Å². The predicted octanol–water partition coefficient (Wildman–Crippen LogP) is 2.29. The molecule has 0 heterocycles. The van der Waals surface area contributed by atoms with E-state index in [1.165, 1.54) is 25.0 Å². The molecule has 0 unspecified atom stereocenters. The number of quaternary nitrogens is 1. The lowest BCUT2D eigenvalue weighted by atomic mass is 10.1. The molecule has 2 atom stereocenters. The van der Waals surface area contributed by atoms with E-state index in [1.54, 1.807) is 0 Å².